The van der Waals surface area contributed by atoms with Gasteiger partial charge >= 0.3 is 5.97 Å². The van der Waals surface area contributed by atoms with Gasteiger partial charge in [-0.15, -0.1) is 11.3 Å². The zero-order valence-corrected chi connectivity index (χ0v) is 13.8. The highest BCUT2D eigenvalue weighted by Gasteiger charge is 2.22. The molecule has 0 aliphatic carbocycles. The van der Waals surface area contributed by atoms with Gasteiger partial charge < -0.3 is 15.7 Å². The number of aromatic nitrogens is 1. The Bertz CT molecular complexity index is 730. The second-order valence-corrected chi connectivity index (χ2v) is 5.85. The Balaban J connectivity index is 2.03. The van der Waals surface area contributed by atoms with Crippen LogP contribution in [0.4, 0.5) is 5.13 Å². The molecule has 24 heavy (non-hydrogen) atoms. The molecule has 3 N–H and O–H groups in total. The summed E-state index contributed by atoms with van der Waals surface area (Å²) in [6.07, 6.45) is 0.477. The maximum absolute atomic E-state index is 12.2. The second kappa shape index (κ2) is 8.21. The van der Waals surface area contributed by atoms with E-state index in [1.165, 1.54) is 5.38 Å². The maximum Gasteiger partial charge on any atom is 0.326 e. The Morgan fingerprint density at radius 2 is 1.96 bits per heavy atom. The van der Waals surface area contributed by atoms with Gasteiger partial charge in [-0.1, -0.05) is 37.3 Å². The molecule has 0 spiro atoms. The number of hydrogen-bond acceptors (Lipinski definition) is 5. The Morgan fingerprint density at radius 1 is 1.25 bits per heavy atom. The van der Waals surface area contributed by atoms with E-state index >= 15 is 0 Å². The van der Waals surface area contributed by atoms with E-state index < -0.39 is 17.9 Å². The molecule has 0 saturated carbocycles. The average Bonchev–Trinajstić information content (AvgIpc) is 3.03. The molecular formula is C16H17N3O4S. The van der Waals surface area contributed by atoms with Gasteiger partial charge in [0.1, 0.15) is 11.7 Å². The molecule has 0 bridgehead atoms. The zero-order valence-electron chi connectivity index (χ0n) is 13.0. The number of carboxylic acids is 1. The number of nitrogens with zero attached hydrogens (tertiary/aromatic N) is 1. The molecule has 1 unspecified atom stereocenters. The van der Waals surface area contributed by atoms with Crippen molar-refractivity contribution < 1.29 is 19.5 Å². The highest BCUT2D eigenvalue weighted by Crippen LogP contribution is 2.16. The van der Waals surface area contributed by atoms with E-state index in [0.29, 0.717) is 11.6 Å². The minimum atomic E-state index is -1.12. The van der Waals surface area contributed by atoms with Crippen molar-refractivity contribution in [2.24, 2.45) is 0 Å². The lowest BCUT2D eigenvalue weighted by Crippen LogP contribution is -2.42. The normalized spacial score (nSPS) is 11.5. The predicted molar refractivity (Wildman–Crippen MR) is 90.1 cm³/mol. The molecular weight excluding hydrogens is 330 g/mol. The van der Waals surface area contributed by atoms with Gasteiger partial charge in [-0.05, 0) is 5.56 Å². The molecule has 0 fully saturated rings. The Labute approximate surface area is 142 Å². The summed E-state index contributed by atoms with van der Waals surface area (Å²) in [5.74, 6) is -1.92. The third kappa shape index (κ3) is 4.88. The van der Waals surface area contributed by atoms with Gasteiger partial charge in [0, 0.05) is 18.2 Å². The first-order valence-electron chi connectivity index (χ1n) is 7.32. The number of aliphatic carboxylic acids is 1. The third-order valence-electron chi connectivity index (χ3n) is 3.19. The number of rotatable bonds is 7. The van der Waals surface area contributed by atoms with Crippen molar-refractivity contribution in [2.75, 3.05) is 5.32 Å². The van der Waals surface area contributed by atoms with Gasteiger partial charge in [-0.25, -0.2) is 9.78 Å². The summed E-state index contributed by atoms with van der Waals surface area (Å²) in [4.78, 5) is 38.9. The van der Waals surface area contributed by atoms with Gasteiger partial charge in [-0.2, -0.15) is 0 Å². The molecule has 8 heteroatoms. The van der Waals surface area contributed by atoms with E-state index in [0.717, 1.165) is 16.9 Å². The molecule has 0 aliphatic heterocycles. The lowest BCUT2D eigenvalue weighted by molar-refractivity contribution is -0.139. The molecule has 1 heterocycles. The Morgan fingerprint density at radius 3 is 2.58 bits per heavy atom. The molecule has 2 aromatic rings. The standard InChI is InChI=1S/C16H17N3O4S/c1-2-13(20)19-16-18-12(9-24-16)14(21)17-11(15(22)23)8-10-6-4-3-5-7-10/h3-7,9,11H,2,8H2,1H3,(H,17,21)(H,22,23)(H,18,19,20). The molecule has 7 nitrogen and oxygen atoms in total. The molecule has 2 rings (SSSR count). The number of carbonyl (C=O) groups excluding carboxylic acids is 2. The Hall–Kier alpha value is -2.74. The Kier molecular flexibility index (Phi) is 6.02. The first-order valence-corrected chi connectivity index (χ1v) is 8.20. The van der Waals surface area contributed by atoms with Gasteiger partial charge in [0.25, 0.3) is 5.91 Å². The van der Waals surface area contributed by atoms with Crippen LogP contribution >= 0.6 is 11.3 Å². The highest BCUT2D eigenvalue weighted by molar-refractivity contribution is 7.14. The van der Waals surface area contributed by atoms with Gasteiger partial charge in [0.2, 0.25) is 5.91 Å². The minimum absolute atomic E-state index is 0.0747. The summed E-state index contributed by atoms with van der Waals surface area (Å²) < 4.78 is 0. The number of thiazole rings is 1. The summed E-state index contributed by atoms with van der Waals surface area (Å²) >= 11 is 1.11. The summed E-state index contributed by atoms with van der Waals surface area (Å²) in [7, 11) is 0. The first-order chi connectivity index (χ1) is 11.5. The number of nitrogens with one attached hydrogen (secondary N) is 2. The van der Waals surface area contributed by atoms with Crippen LogP contribution in [0.15, 0.2) is 35.7 Å². The fraction of sp³-hybridized carbons (Fsp3) is 0.250. The number of amides is 2. The molecule has 0 aliphatic rings. The monoisotopic (exact) mass is 347 g/mol. The predicted octanol–water partition coefficient (Wildman–Crippen LogP) is 1.92. The molecule has 1 atom stereocenters. The van der Waals surface area contributed by atoms with Crippen molar-refractivity contribution in [2.45, 2.75) is 25.8 Å². The minimum Gasteiger partial charge on any atom is -0.480 e. The van der Waals surface area contributed by atoms with Crippen molar-refractivity contribution in [1.82, 2.24) is 10.3 Å². The van der Waals surface area contributed by atoms with E-state index in [1.54, 1.807) is 31.2 Å². The lowest BCUT2D eigenvalue weighted by atomic mass is 10.1. The van der Waals surface area contributed by atoms with Crippen LogP contribution in [0.3, 0.4) is 0 Å². The number of carbonyl (C=O) groups is 3. The summed E-state index contributed by atoms with van der Waals surface area (Å²) in [5, 5.41) is 16.1. The van der Waals surface area contributed by atoms with E-state index in [9.17, 15) is 19.5 Å². The largest absolute Gasteiger partial charge is 0.480 e. The van der Waals surface area contributed by atoms with Crippen LogP contribution in [0, 0.1) is 0 Å². The van der Waals surface area contributed by atoms with Gasteiger partial charge in [0.15, 0.2) is 5.13 Å². The van der Waals surface area contributed by atoms with Crippen LogP contribution in [0.5, 0.6) is 0 Å². The van der Waals surface area contributed by atoms with Crippen molar-refractivity contribution in [1.29, 1.82) is 0 Å². The fourth-order valence-corrected chi connectivity index (χ4v) is 2.63. The van der Waals surface area contributed by atoms with Crippen LogP contribution < -0.4 is 10.6 Å². The number of benzene rings is 1. The number of carboxylic acid groups (broad SMARTS) is 1. The van der Waals surface area contributed by atoms with Crippen LogP contribution in [0.25, 0.3) is 0 Å². The maximum atomic E-state index is 12.2. The first kappa shape index (κ1) is 17.6. The van der Waals surface area contributed by atoms with Crippen molar-refractivity contribution >= 4 is 34.3 Å². The SMILES string of the molecule is CCC(=O)Nc1nc(C(=O)NC(Cc2ccccc2)C(=O)O)cs1. The number of anilines is 1. The van der Waals surface area contributed by atoms with Crippen LogP contribution in [0.1, 0.15) is 29.4 Å². The summed E-state index contributed by atoms with van der Waals surface area (Å²) in [5.41, 5.74) is 0.880. The van der Waals surface area contributed by atoms with Gasteiger partial charge in [0.05, 0.1) is 0 Å². The molecule has 1 aromatic carbocycles. The summed E-state index contributed by atoms with van der Waals surface area (Å²) in [6.45, 7) is 1.71. The lowest BCUT2D eigenvalue weighted by Gasteiger charge is -2.13. The molecule has 126 valence electrons. The molecule has 0 saturated heterocycles. The van der Waals surface area contributed by atoms with Crippen molar-refractivity contribution in [3.8, 4) is 0 Å². The average molecular weight is 347 g/mol. The molecule has 1 aromatic heterocycles. The van der Waals surface area contributed by atoms with Gasteiger partial charge in [-0.3, -0.25) is 9.59 Å². The zero-order chi connectivity index (χ0) is 17.5. The smallest absolute Gasteiger partial charge is 0.326 e. The topological polar surface area (TPSA) is 108 Å². The van der Waals surface area contributed by atoms with Crippen LogP contribution in [0.2, 0.25) is 0 Å². The van der Waals surface area contributed by atoms with Crippen LogP contribution in [-0.4, -0.2) is 33.9 Å². The molecule has 0 radical (unpaired) electrons. The van der Waals surface area contributed by atoms with Crippen molar-refractivity contribution in [3.05, 3.63) is 47.0 Å². The van der Waals surface area contributed by atoms with E-state index in [1.807, 2.05) is 6.07 Å². The van der Waals surface area contributed by atoms with E-state index in [-0.39, 0.29) is 18.0 Å². The number of hydrogen-bond donors (Lipinski definition) is 3. The highest BCUT2D eigenvalue weighted by atomic mass is 32.1. The quantitative estimate of drug-likeness (QED) is 0.709. The van der Waals surface area contributed by atoms with Crippen molar-refractivity contribution in [3.63, 3.8) is 0 Å². The second-order valence-electron chi connectivity index (χ2n) is 4.99. The van der Waals surface area contributed by atoms with Crippen LogP contribution in [-0.2, 0) is 16.0 Å². The fourth-order valence-electron chi connectivity index (χ4n) is 1.93. The molecule has 2 amide bonds. The summed E-state index contributed by atoms with van der Waals surface area (Å²) in [6, 6.07) is 7.97. The third-order valence-corrected chi connectivity index (χ3v) is 3.95. The van der Waals surface area contributed by atoms with E-state index in [4.69, 9.17) is 0 Å². The van der Waals surface area contributed by atoms with E-state index in [2.05, 4.69) is 15.6 Å².